The standard InChI is InChI=1S/C13H19NO3/c1-14(2)13(16-9-4-10-17-13)11-5-7-12(15-3)8-6-11/h5-8H,4,9-10H2,1-3H3. The van der Waals surface area contributed by atoms with E-state index in [9.17, 15) is 0 Å². The molecule has 1 fully saturated rings. The Kier molecular flexibility index (Phi) is 3.66. The van der Waals surface area contributed by atoms with Crippen molar-refractivity contribution in [1.29, 1.82) is 0 Å². The third-order valence-electron chi connectivity index (χ3n) is 2.93. The molecule has 0 unspecified atom stereocenters. The van der Waals surface area contributed by atoms with Crippen LogP contribution in [0.15, 0.2) is 24.3 Å². The van der Waals surface area contributed by atoms with E-state index in [2.05, 4.69) is 0 Å². The molecule has 1 heterocycles. The lowest BCUT2D eigenvalue weighted by molar-refractivity contribution is -0.342. The Morgan fingerprint density at radius 2 is 1.71 bits per heavy atom. The van der Waals surface area contributed by atoms with Crippen molar-refractivity contribution in [2.24, 2.45) is 0 Å². The molecule has 2 rings (SSSR count). The molecule has 0 radical (unpaired) electrons. The van der Waals surface area contributed by atoms with Crippen molar-refractivity contribution in [2.45, 2.75) is 12.3 Å². The van der Waals surface area contributed by atoms with Crippen LogP contribution >= 0.6 is 0 Å². The van der Waals surface area contributed by atoms with E-state index in [1.165, 1.54) is 0 Å². The highest BCUT2D eigenvalue weighted by Gasteiger charge is 2.39. The fraction of sp³-hybridized carbons (Fsp3) is 0.538. The second-order valence-corrected chi connectivity index (χ2v) is 4.26. The summed E-state index contributed by atoms with van der Waals surface area (Å²) in [6.07, 6.45) is 0.936. The fourth-order valence-electron chi connectivity index (χ4n) is 2.01. The summed E-state index contributed by atoms with van der Waals surface area (Å²) in [7, 11) is 5.56. The van der Waals surface area contributed by atoms with Crippen LogP contribution in [-0.2, 0) is 15.4 Å². The van der Waals surface area contributed by atoms with Crippen LogP contribution in [0.1, 0.15) is 12.0 Å². The Morgan fingerprint density at radius 1 is 1.12 bits per heavy atom. The van der Waals surface area contributed by atoms with Crippen molar-refractivity contribution in [3.05, 3.63) is 29.8 Å². The fourth-order valence-corrected chi connectivity index (χ4v) is 2.01. The predicted octanol–water partition coefficient (Wildman–Crippen LogP) is 1.80. The third-order valence-corrected chi connectivity index (χ3v) is 2.93. The molecule has 4 heteroatoms. The first-order valence-corrected chi connectivity index (χ1v) is 5.79. The van der Waals surface area contributed by atoms with Crippen LogP contribution in [0.4, 0.5) is 0 Å². The van der Waals surface area contributed by atoms with Gasteiger partial charge in [-0.1, -0.05) is 0 Å². The monoisotopic (exact) mass is 237 g/mol. The van der Waals surface area contributed by atoms with E-state index >= 15 is 0 Å². The van der Waals surface area contributed by atoms with Crippen molar-refractivity contribution in [2.75, 3.05) is 34.4 Å². The van der Waals surface area contributed by atoms with Gasteiger partial charge in [0, 0.05) is 5.56 Å². The molecule has 0 aliphatic carbocycles. The highest BCUT2D eigenvalue weighted by Crippen LogP contribution is 2.33. The molecule has 0 aromatic heterocycles. The van der Waals surface area contributed by atoms with Crippen LogP contribution in [-0.4, -0.2) is 39.3 Å². The molecule has 0 amide bonds. The quantitative estimate of drug-likeness (QED) is 0.802. The first-order chi connectivity index (χ1) is 8.19. The highest BCUT2D eigenvalue weighted by molar-refractivity contribution is 5.29. The molecule has 0 N–H and O–H groups in total. The van der Waals surface area contributed by atoms with E-state index in [0.29, 0.717) is 13.2 Å². The largest absolute Gasteiger partial charge is 0.497 e. The molecule has 1 aromatic rings. The number of benzene rings is 1. The van der Waals surface area contributed by atoms with Crippen LogP contribution in [0, 0.1) is 0 Å². The van der Waals surface area contributed by atoms with Gasteiger partial charge in [-0.25, -0.2) is 0 Å². The van der Waals surface area contributed by atoms with Gasteiger partial charge in [-0.05, 0) is 44.8 Å². The molecule has 17 heavy (non-hydrogen) atoms. The van der Waals surface area contributed by atoms with Gasteiger partial charge >= 0.3 is 0 Å². The maximum absolute atomic E-state index is 5.85. The average molecular weight is 237 g/mol. The summed E-state index contributed by atoms with van der Waals surface area (Å²) in [5.41, 5.74) is 0.989. The number of nitrogens with zero attached hydrogens (tertiary/aromatic N) is 1. The number of rotatable bonds is 3. The van der Waals surface area contributed by atoms with Gasteiger partial charge < -0.3 is 14.2 Å². The molecule has 1 aliphatic rings. The highest BCUT2D eigenvalue weighted by atomic mass is 16.7. The van der Waals surface area contributed by atoms with Gasteiger partial charge in [0.1, 0.15) is 5.75 Å². The van der Waals surface area contributed by atoms with Gasteiger partial charge in [-0.15, -0.1) is 0 Å². The van der Waals surface area contributed by atoms with Crippen molar-refractivity contribution in [1.82, 2.24) is 4.90 Å². The Labute approximate surface area is 102 Å². The molecule has 1 saturated heterocycles. The summed E-state index contributed by atoms with van der Waals surface area (Å²) in [4.78, 5) is 1.95. The zero-order valence-electron chi connectivity index (χ0n) is 10.6. The maximum Gasteiger partial charge on any atom is 0.257 e. The molecule has 0 saturated carbocycles. The third kappa shape index (κ3) is 2.29. The summed E-state index contributed by atoms with van der Waals surface area (Å²) >= 11 is 0. The van der Waals surface area contributed by atoms with Gasteiger partial charge in [0.2, 0.25) is 0 Å². The smallest absolute Gasteiger partial charge is 0.257 e. The molecule has 0 bridgehead atoms. The maximum atomic E-state index is 5.85. The molecule has 4 nitrogen and oxygen atoms in total. The van der Waals surface area contributed by atoms with E-state index in [1.807, 2.05) is 43.3 Å². The van der Waals surface area contributed by atoms with Crippen molar-refractivity contribution in [3.8, 4) is 5.75 Å². The SMILES string of the molecule is COc1ccc(C2(N(C)C)OCCCO2)cc1. The van der Waals surface area contributed by atoms with Crippen molar-refractivity contribution < 1.29 is 14.2 Å². The van der Waals surface area contributed by atoms with Crippen LogP contribution < -0.4 is 4.74 Å². The number of hydrogen-bond donors (Lipinski definition) is 0. The second-order valence-electron chi connectivity index (χ2n) is 4.26. The molecule has 0 atom stereocenters. The number of hydrogen-bond acceptors (Lipinski definition) is 4. The Hall–Kier alpha value is -1.10. The van der Waals surface area contributed by atoms with Gasteiger partial charge in [0.15, 0.2) is 0 Å². The van der Waals surface area contributed by atoms with Gasteiger partial charge in [-0.3, -0.25) is 4.90 Å². The molecular formula is C13H19NO3. The second kappa shape index (κ2) is 5.04. The lowest BCUT2D eigenvalue weighted by Gasteiger charge is -2.42. The zero-order valence-corrected chi connectivity index (χ0v) is 10.6. The molecule has 1 aromatic carbocycles. The molecule has 94 valence electrons. The number of ether oxygens (including phenoxy) is 3. The van der Waals surface area contributed by atoms with E-state index in [-0.39, 0.29) is 0 Å². The minimum atomic E-state index is -0.759. The summed E-state index contributed by atoms with van der Waals surface area (Å²) in [6, 6.07) is 7.79. The summed E-state index contributed by atoms with van der Waals surface area (Å²) in [5.74, 6) is 0.0725. The van der Waals surface area contributed by atoms with Crippen LogP contribution in [0.5, 0.6) is 5.75 Å². The topological polar surface area (TPSA) is 30.9 Å². The van der Waals surface area contributed by atoms with Crippen LogP contribution in [0.25, 0.3) is 0 Å². The lowest BCUT2D eigenvalue weighted by atomic mass is 10.1. The van der Waals surface area contributed by atoms with E-state index < -0.39 is 5.91 Å². The van der Waals surface area contributed by atoms with Crippen molar-refractivity contribution >= 4 is 0 Å². The van der Waals surface area contributed by atoms with E-state index in [0.717, 1.165) is 17.7 Å². The van der Waals surface area contributed by atoms with Gasteiger partial charge in [0.05, 0.1) is 20.3 Å². The Bertz CT molecular complexity index is 355. The average Bonchev–Trinajstić information content (AvgIpc) is 2.39. The molecule has 0 spiro atoms. The van der Waals surface area contributed by atoms with Crippen LogP contribution in [0.2, 0.25) is 0 Å². The normalized spacial score (nSPS) is 19.3. The predicted molar refractivity (Wildman–Crippen MR) is 64.9 cm³/mol. The first kappa shape index (κ1) is 12.4. The van der Waals surface area contributed by atoms with Gasteiger partial charge in [0.25, 0.3) is 5.91 Å². The number of methoxy groups -OCH3 is 1. The van der Waals surface area contributed by atoms with Crippen molar-refractivity contribution in [3.63, 3.8) is 0 Å². The minimum Gasteiger partial charge on any atom is -0.497 e. The Balaban J connectivity index is 2.31. The molecule has 1 aliphatic heterocycles. The first-order valence-electron chi connectivity index (χ1n) is 5.79. The van der Waals surface area contributed by atoms with Crippen LogP contribution in [0.3, 0.4) is 0 Å². The summed E-state index contributed by atoms with van der Waals surface area (Å²) in [5, 5.41) is 0. The molecular weight excluding hydrogens is 218 g/mol. The zero-order chi connectivity index (χ0) is 12.3. The lowest BCUT2D eigenvalue weighted by Crippen LogP contribution is -2.49. The summed E-state index contributed by atoms with van der Waals surface area (Å²) in [6.45, 7) is 1.43. The van der Waals surface area contributed by atoms with E-state index in [1.54, 1.807) is 7.11 Å². The Morgan fingerprint density at radius 3 is 2.18 bits per heavy atom. The van der Waals surface area contributed by atoms with E-state index in [4.69, 9.17) is 14.2 Å². The minimum absolute atomic E-state index is 0.713. The summed E-state index contributed by atoms with van der Waals surface area (Å²) < 4.78 is 16.9. The van der Waals surface area contributed by atoms with Gasteiger partial charge in [-0.2, -0.15) is 0 Å².